The largest absolute Gasteiger partial charge is 0.354 e. The molecule has 0 spiro atoms. The van der Waals surface area contributed by atoms with Crippen LogP contribution in [0.5, 0.6) is 0 Å². The van der Waals surface area contributed by atoms with Gasteiger partial charge in [0.2, 0.25) is 0 Å². The van der Waals surface area contributed by atoms with E-state index in [0.29, 0.717) is 0 Å². The number of rotatable bonds is 7. The third kappa shape index (κ3) is 4.09. The van der Waals surface area contributed by atoms with Crippen molar-refractivity contribution in [3.05, 3.63) is 35.4 Å². The van der Waals surface area contributed by atoms with Crippen LogP contribution in [0, 0.1) is 0 Å². The van der Waals surface area contributed by atoms with E-state index in [9.17, 15) is 0 Å². The fourth-order valence-corrected chi connectivity index (χ4v) is 2.12. The van der Waals surface area contributed by atoms with Crippen LogP contribution in [0.1, 0.15) is 37.9 Å². The standard InChI is InChI=1S/C15H25NO2/c1-6-13-7-9-14(10-8-13)11(2)16-12(3)15(17-4)18-5/h7-12,15-16H,6H2,1-5H3. The lowest BCUT2D eigenvalue weighted by Gasteiger charge is -2.26. The van der Waals surface area contributed by atoms with E-state index in [1.54, 1.807) is 14.2 Å². The quantitative estimate of drug-likeness (QED) is 0.756. The topological polar surface area (TPSA) is 30.5 Å². The highest BCUT2D eigenvalue weighted by molar-refractivity contribution is 5.24. The zero-order chi connectivity index (χ0) is 13.5. The maximum absolute atomic E-state index is 5.25. The normalized spacial score (nSPS) is 14.8. The fraction of sp³-hybridized carbons (Fsp3) is 0.600. The molecule has 0 aliphatic rings. The summed E-state index contributed by atoms with van der Waals surface area (Å²) in [6.45, 7) is 6.38. The van der Waals surface area contributed by atoms with E-state index in [1.807, 2.05) is 0 Å². The van der Waals surface area contributed by atoms with Gasteiger partial charge in [0, 0.05) is 20.3 Å². The molecule has 0 amide bonds. The summed E-state index contributed by atoms with van der Waals surface area (Å²) < 4.78 is 10.5. The minimum absolute atomic E-state index is 0.140. The molecule has 2 unspecified atom stereocenters. The number of nitrogens with one attached hydrogen (secondary N) is 1. The number of ether oxygens (including phenoxy) is 2. The molecule has 0 bridgehead atoms. The summed E-state index contributed by atoms with van der Waals surface area (Å²) in [6, 6.07) is 9.14. The van der Waals surface area contributed by atoms with Crippen LogP contribution in [0.25, 0.3) is 0 Å². The number of methoxy groups -OCH3 is 2. The zero-order valence-corrected chi connectivity index (χ0v) is 12.1. The Morgan fingerprint density at radius 2 is 1.61 bits per heavy atom. The first-order valence-electron chi connectivity index (χ1n) is 6.52. The minimum atomic E-state index is -0.220. The zero-order valence-electron chi connectivity index (χ0n) is 12.1. The third-order valence-corrected chi connectivity index (χ3v) is 3.27. The van der Waals surface area contributed by atoms with Gasteiger partial charge in [-0.15, -0.1) is 0 Å². The van der Waals surface area contributed by atoms with Crippen LogP contribution in [0.15, 0.2) is 24.3 Å². The molecular formula is C15H25NO2. The predicted octanol–water partition coefficient (Wildman–Crippen LogP) is 2.91. The first-order chi connectivity index (χ1) is 8.62. The summed E-state index contributed by atoms with van der Waals surface area (Å²) in [4.78, 5) is 0. The van der Waals surface area contributed by atoms with E-state index in [0.717, 1.165) is 6.42 Å². The smallest absolute Gasteiger partial charge is 0.171 e. The molecule has 102 valence electrons. The predicted molar refractivity (Wildman–Crippen MR) is 74.6 cm³/mol. The lowest BCUT2D eigenvalue weighted by atomic mass is 10.0. The number of hydrogen-bond acceptors (Lipinski definition) is 3. The second-order valence-electron chi connectivity index (χ2n) is 4.61. The number of aryl methyl sites for hydroxylation is 1. The summed E-state index contributed by atoms with van der Waals surface area (Å²) >= 11 is 0. The lowest BCUT2D eigenvalue weighted by Crippen LogP contribution is -2.40. The second-order valence-corrected chi connectivity index (χ2v) is 4.61. The molecule has 0 saturated carbocycles. The van der Waals surface area contributed by atoms with Crippen LogP contribution in [0.4, 0.5) is 0 Å². The van der Waals surface area contributed by atoms with Crippen LogP contribution in [0.3, 0.4) is 0 Å². The second kappa shape index (κ2) is 7.52. The maximum atomic E-state index is 5.25. The molecule has 0 saturated heterocycles. The van der Waals surface area contributed by atoms with Crippen LogP contribution < -0.4 is 5.32 Å². The molecule has 2 atom stereocenters. The summed E-state index contributed by atoms with van der Waals surface area (Å²) in [7, 11) is 3.32. The fourth-order valence-electron chi connectivity index (χ4n) is 2.12. The van der Waals surface area contributed by atoms with Gasteiger partial charge in [-0.25, -0.2) is 0 Å². The molecule has 0 aliphatic carbocycles. The van der Waals surface area contributed by atoms with E-state index in [4.69, 9.17) is 9.47 Å². The summed E-state index contributed by atoms with van der Waals surface area (Å²) in [5.74, 6) is 0. The van der Waals surface area contributed by atoms with E-state index < -0.39 is 0 Å². The van der Waals surface area contributed by atoms with Crippen molar-refractivity contribution in [1.29, 1.82) is 0 Å². The molecule has 3 heteroatoms. The Bertz CT molecular complexity index is 333. The van der Waals surface area contributed by atoms with E-state index in [1.165, 1.54) is 11.1 Å². The van der Waals surface area contributed by atoms with Gasteiger partial charge in [0.25, 0.3) is 0 Å². The van der Waals surface area contributed by atoms with Gasteiger partial charge in [-0.05, 0) is 31.4 Å². The van der Waals surface area contributed by atoms with Gasteiger partial charge in [0.15, 0.2) is 6.29 Å². The van der Waals surface area contributed by atoms with Crippen LogP contribution in [0.2, 0.25) is 0 Å². The number of hydrogen-bond donors (Lipinski definition) is 1. The highest BCUT2D eigenvalue weighted by Gasteiger charge is 2.18. The first kappa shape index (κ1) is 15.2. The van der Waals surface area contributed by atoms with Crippen molar-refractivity contribution >= 4 is 0 Å². The summed E-state index contributed by atoms with van der Waals surface area (Å²) in [5, 5.41) is 3.49. The Balaban J connectivity index is 2.60. The van der Waals surface area contributed by atoms with Crippen molar-refractivity contribution < 1.29 is 9.47 Å². The molecule has 1 rings (SSSR count). The Morgan fingerprint density at radius 1 is 1.06 bits per heavy atom. The molecule has 0 aromatic heterocycles. The molecular weight excluding hydrogens is 226 g/mol. The van der Waals surface area contributed by atoms with Crippen LogP contribution in [-0.2, 0) is 15.9 Å². The van der Waals surface area contributed by atoms with E-state index in [-0.39, 0.29) is 18.4 Å². The van der Waals surface area contributed by atoms with Crippen LogP contribution >= 0.6 is 0 Å². The third-order valence-electron chi connectivity index (χ3n) is 3.27. The monoisotopic (exact) mass is 251 g/mol. The molecule has 0 heterocycles. The van der Waals surface area contributed by atoms with E-state index >= 15 is 0 Å². The SMILES string of the molecule is CCc1ccc(C(C)NC(C)C(OC)OC)cc1. The van der Waals surface area contributed by atoms with Gasteiger partial charge < -0.3 is 14.8 Å². The highest BCUT2D eigenvalue weighted by atomic mass is 16.7. The van der Waals surface area contributed by atoms with E-state index in [2.05, 4.69) is 50.4 Å². The molecule has 0 aliphatic heterocycles. The van der Waals surface area contributed by atoms with Crippen molar-refractivity contribution in [1.82, 2.24) is 5.32 Å². The molecule has 0 radical (unpaired) electrons. The van der Waals surface area contributed by atoms with Gasteiger partial charge >= 0.3 is 0 Å². The van der Waals surface area contributed by atoms with Crippen molar-refractivity contribution in [2.45, 2.75) is 45.6 Å². The number of benzene rings is 1. The Kier molecular flexibility index (Phi) is 6.33. The van der Waals surface area contributed by atoms with Gasteiger partial charge in [-0.2, -0.15) is 0 Å². The Labute approximate surface area is 110 Å². The average molecular weight is 251 g/mol. The molecule has 18 heavy (non-hydrogen) atoms. The van der Waals surface area contributed by atoms with Crippen molar-refractivity contribution in [2.24, 2.45) is 0 Å². The van der Waals surface area contributed by atoms with Crippen molar-refractivity contribution in [3.63, 3.8) is 0 Å². The van der Waals surface area contributed by atoms with Gasteiger partial charge in [0.05, 0.1) is 6.04 Å². The highest BCUT2D eigenvalue weighted by Crippen LogP contribution is 2.15. The van der Waals surface area contributed by atoms with Gasteiger partial charge in [-0.1, -0.05) is 31.2 Å². The molecule has 0 fully saturated rings. The molecule has 1 aromatic carbocycles. The minimum Gasteiger partial charge on any atom is -0.354 e. The average Bonchev–Trinajstić information content (AvgIpc) is 2.40. The Hall–Kier alpha value is -0.900. The molecule has 1 N–H and O–H groups in total. The van der Waals surface area contributed by atoms with Gasteiger partial charge in [0.1, 0.15) is 0 Å². The van der Waals surface area contributed by atoms with Crippen molar-refractivity contribution in [3.8, 4) is 0 Å². The van der Waals surface area contributed by atoms with Crippen LogP contribution in [-0.4, -0.2) is 26.6 Å². The molecule has 3 nitrogen and oxygen atoms in total. The lowest BCUT2D eigenvalue weighted by molar-refractivity contribution is -0.120. The summed E-state index contributed by atoms with van der Waals surface area (Å²) in [5.41, 5.74) is 2.65. The summed E-state index contributed by atoms with van der Waals surface area (Å²) in [6.07, 6.45) is 0.857. The first-order valence-corrected chi connectivity index (χ1v) is 6.52. The van der Waals surface area contributed by atoms with Crippen molar-refractivity contribution in [2.75, 3.05) is 14.2 Å². The Morgan fingerprint density at radius 3 is 2.06 bits per heavy atom. The van der Waals surface area contributed by atoms with Gasteiger partial charge in [-0.3, -0.25) is 0 Å². The maximum Gasteiger partial charge on any atom is 0.171 e. The molecule has 1 aromatic rings.